The minimum Gasteiger partial charge on any atom is -0.435 e. The molecule has 160 valence electrons. The number of anilines is 1. The molecule has 0 bridgehead atoms. The zero-order valence-electron chi connectivity index (χ0n) is 17.1. The largest absolute Gasteiger partial charge is 0.435 e. The third-order valence-corrected chi connectivity index (χ3v) is 5.73. The highest BCUT2D eigenvalue weighted by Gasteiger charge is 2.28. The Bertz CT molecular complexity index is 1120. The maximum atomic E-state index is 6.01. The average Bonchev–Trinajstić information content (AvgIpc) is 3.56. The van der Waals surface area contributed by atoms with Crippen LogP contribution in [0.25, 0.3) is 5.69 Å². The highest BCUT2D eigenvalue weighted by Crippen LogP contribution is 2.35. The fraction of sp³-hybridized carbons (Fsp3) is 0.421. The lowest BCUT2D eigenvalue weighted by Gasteiger charge is -2.30. The molecule has 0 N–H and O–H groups in total. The molecule has 0 spiro atoms. The van der Waals surface area contributed by atoms with Gasteiger partial charge in [0.05, 0.1) is 17.4 Å². The number of benzene rings is 1. The molecule has 11 nitrogen and oxygen atoms in total. The number of hydrogen-bond donors (Lipinski definition) is 0. The van der Waals surface area contributed by atoms with Gasteiger partial charge >= 0.3 is 0 Å². The lowest BCUT2D eigenvalue weighted by atomic mass is 9.97. The number of hydrogen-bond acceptors (Lipinski definition) is 11. The summed E-state index contributed by atoms with van der Waals surface area (Å²) in [5.41, 5.74) is 0.845. The van der Waals surface area contributed by atoms with Crippen molar-refractivity contribution in [1.29, 1.82) is 0 Å². The fourth-order valence-electron chi connectivity index (χ4n) is 3.48. The molecule has 1 aromatic carbocycles. The maximum absolute atomic E-state index is 6.01. The molecule has 3 aromatic heterocycles. The van der Waals surface area contributed by atoms with Gasteiger partial charge < -0.3 is 14.2 Å². The number of piperidine rings is 1. The molecule has 0 radical (unpaired) electrons. The zero-order valence-corrected chi connectivity index (χ0v) is 17.9. The number of rotatable bonds is 6. The van der Waals surface area contributed by atoms with E-state index >= 15 is 0 Å². The normalized spacial score (nSPS) is 15.0. The molecular weight excluding hydrogens is 418 g/mol. The van der Waals surface area contributed by atoms with E-state index in [-0.39, 0.29) is 11.8 Å². The van der Waals surface area contributed by atoms with E-state index in [9.17, 15) is 0 Å². The van der Waals surface area contributed by atoms with Gasteiger partial charge in [0.15, 0.2) is 5.82 Å². The predicted octanol–water partition coefficient (Wildman–Crippen LogP) is 3.20. The molecule has 0 amide bonds. The smallest absolute Gasteiger partial charge is 0.276 e. The van der Waals surface area contributed by atoms with Crippen LogP contribution < -0.4 is 9.64 Å². The van der Waals surface area contributed by atoms with Crippen LogP contribution in [-0.2, 0) is 0 Å². The van der Waals surface area contributed by atoms with Crippen LogP contribution in [0.2, 0.25) is 0 Å². The van der Waals surface area contributed by atoms with Crippen molar-refractivity contribution in [2.75, 3.05) is 18.0 Å². The number of ether oxygens (including phenoxy) is 1. The predicted molar refractivity (Wildman–Crippen MR) is 112 cm³/mol. The molecule has 1 fully saturated rings. The molecule has 12 heteroatoms. The lowest BCUT2D eigenvalue weighted by Crippen LogP contribution is -2.33. The Balaban J connectivity index is 1.23. The lowest BCUT2D eigenvalue weighted by molar-refractivity contribution is 0.325. The quantitative estimate of drug-likeness (QED) is 0.443. The van der Waals surface area contributed by atoms with Crippen LogP contribution in [0.1, 0.15) is 50.2 Å². The van der Waals surface area contributed by atoms with E-state index in [1.54, 1.807) is 11.0 Å². The molecule has 0 aliphatic carbocycles. The molecular formula is C19H21N9O2S. The van der Waals surface area contributed by atoms with Crippen molar-refractivity contribution in [3.05, 3.63) is 42.3 Å². The van der Waals surface area contributed by atoms with Gasteiger partial charge in [-0.2, -0.15) is 9.36 Å². The van der Waals surface area contributed by atoms with Crippen molar-refractivity contribution in [2.24, 2.45) is 0 Å². The van der Waals surface area contributed by atoms with Crippen LogP contribution in [0.4, 0.5) is 5.82 Å². The van der Waals surface area contributed by atoms with Crippen molar-refractivity contribution in [3.8, 4) is 17.3 Å². The molecule has 0 atom stereocenters. The highest BCUT2D eigenvalue weighted by atomic mass is 32.1. The van der Waals surface area contributed by atoms with Gasteiger partial charge in [-0.05, 0) is 47.5 Å². The monoisotopic (exact) mass is 439 g/mol. The highest BCUT2D eigenvalue weighted by molar-refractivity contribution is 6.99. The van der Waals surface area contributed by atoms with E-state index in [1.165, 1.54) is 0 Å². The van der Waals surface area contributed by atoms with Gasteiger partial charge in [-0.1, -0.05) is 19.0 Å². The van der Waals surface area contributed by atoms with Crippen LogP contribution in [0.15, 0.2) is 35.1 Å². The summed E-state index contributed by atoms with van der Waals surface area (Å²) in [6.45, 7) is 5.77. The van der Waals surface area contributed by atoms with Crippen molar-refractivity contribution in [1.82, 2.24) is 39.1 Å². The standard InChI is InChI=1S/C19H21N9O2S/c1-12(2)16-21-18(30-22-16)13-7-9-27(10-8-13)17-19(24-31-23-17)29-15-5-3-14(4-6-15)28-11-20-25-26-28/h3-6,11-13H,7-10H2,1-2H3. The number of aromatic nitrogens is 8. The van der Waals surface area contributed by atoms with E-state index in [4.69, 9.17) is 9.26 Å². The summed E-state index contributed by atoms with van der Waals surface area (Å²) in [6, 6.07) is 7.47. The molecule has 5 rings (SSSR count). The summed E-state index contributed by atoms with van der Waals surface area (Å²) in [7, 11) is 0. The molecule has 4 heterocycles. The van der Waals surface area contributed by atoms with Crippen LogP contribution in [-0.4, -0.2) is 52.2 Å². The van der Waals surface area contributed by atoms with Gasteiger partial charge in [0.1, 0.15) is 12.1 Å². The van der Waals surface area contributed by atoms with Gasteiger partial charge in [-0.25, -0.2) is 4.68 Å². The second kappa shape index (κ2) is 8.38. The number of tetrazole rings is 1. The number of nitrogens with zero attached hydrogens (tertiary/aromatic N) is 9. The molecule has 1 aliphatic rings. The first kappa shape index (κ1) is 19.5. The van der Waals surface area contributed by atoms with E-state index < -0.39 is 0 Å². The Hall–Kier alpha value is -3.41. The second-order valence-electron chi connectivity index (χ2n) is 7.65. The first-order valence-corrected chi connectivity index (χ1v) is 10.8. The Kier molecular flexibility index (Phi) is 5.28. The topological polar surface area (TPSA) is 121 Å². The minimum atomic E-state index is 0.264. The van der Waals surface area contributed by atoms with Crippen LogP contribution in [0, 0.1) is 0 Å². The van der Waals surface area contributed by atoms with E-state index in [0.717, 1.165) is 60.9 Å². The maximum Gasteiger partial charge on any atom is 0.276 e. The molecule has 31 heavy (non-hydrogen) atoms. The summed E-state index contributed by atoms with van der Waals surface area (Å²) in [4.78, 5) is 6.76. The third-order valence-electron chi connectivity index (χ3n) is 5.22. The SMILES string of the molecule is CC(C)c1noc(C2CCN(c3nsnc3Oc3ccc(-n4cnnn4)cc3)CC2)n1. The fourth-order valence-corrected chi connectivity index (χ4v) is 3.98. The Labute approximate surface area is 182 Å². The summed E-state index contributed by atoms with van der Waals surface area (Å²) < 4.78 is 21.9. The van der Waals surface area contributed by atoms with Crippen molar-refractivity contribution < 1.29 is 9.26 Å². The van der Waals surface area contributed by atoms with Crippen molar-refractivity contribution in [2.45, 2.75) is 38.5 Å². The minimum absolute atomic E-state index is 0.264. The Morgan fingerprint density at radius 3 is 2.61 bits per heavy atom. The summed E-state index contributed by atoms with van der Waals surface area (Å²) in [6.07, 6.45) is 3.37. The first-order valence-electron chi connectivity index (χ1n) is 10.1. The first-order chi connectivity index (χ1) is 15.2. The van der Waals surface area contributed by atoms with Gasteiger partial charge in [0.25, 0.3) is 5.88 Å². The van der Waals surface area contributed by atoms with Crippen LogP contribution >= 0.6 is 11.7 Å². The van der Waals surface area contributed by atoms with Crippen molar-refractivity contribution >= 4 is 17.5 Å². The van der Waals surface area contributed by atoms with E-state index in [2.05, 4.69) is 53.2 Å². The van der Waals surface area contributed by atoms with Gasteiger partial charge in [-0.3, -0.25) is 0 Å². The van der Waals surface area contributed by atoms with Crippen LogP contribution in [0.5, 0.6) is 11.6 Å². The van der Waals surface area contributed by atoms with E-state index in [0.29, 0.717) is 11.6 Å². The molecule has 1 aliphatic heterocycles. The zero-order chi connectivity index (χ0) is 21.2. The van der Waals surface area contributed by atoms with Crippen LogP contribution in [0.3, 0.4) is 0 Å². The summed E-state index contributed by atoms with van der Waals surface area (Å²) >= 11 is 1.15. The third kappa shape index (κ3) is 4.10. The van der Waals surface area contributed by atoms with Gasteiger partial charge in [0, 0.05) is 24.9 Å². The molecule has 4 aromatic rings. The second-order valence-corrected chi connectivity index (χ2v) is 8.18. The molecule has 1 saturated heterocycles. The molecule has 0 unspecified atom stereocenters. The molecule has 0 saturated carbocycles. The summed E-state index contributed by atoms with van der Waals surface area (Å²) in [5.74, 6) is 3.99. The van der Waals surface area contributed by atoms with Gasteiger partial charge in [-0.15, -0.1) is 9.47 Å². The van der Waals surface area contributed by atoms with Gasteiger partial charge in [0.2, 0.25) is 11.7 Å². The Morgan fingerprint density at radius 2 is 1.94 bits per heavy atom. The average molecular weight is 440 g/mol. The summed E-state index contributed by atoms with van der Waals surface area (Å²) in [5, 5.41) is 15.3. The van der Waals surface area contributed by atoms with E-state index in [1.807, 2.05) is 24.3 Å². The van der Waals surface area contributed by atoms with Crippen molar-refractivity contribution in [3.63, 3.8) is 0 Å². The Morgan fingerprint density at radius 1 is 1.13 bits per heavy atom.